The number of benzene rings is 1. The molecule has 27 heavy (non-hydrogen) atoms. The van der Waals surface area contributed by atoms with Gasteiger partial charge < -0.3 is 25.3 Å². The van der Waals surface area contributed by atoms with E-state index >= 15 is 0 Å². The summed E-state index contributed by atoms with van der Waals surface area (Å²) >= 11 is 0. The zero-order valence-electron chi connectivity index (χ0n) is 16.3. The number of nitrogens with zero attached hydrogens (tertiary/aromatic N) is 1. The van der Waals surface area contributed by atoms with Crippen LogP contribution in [-0.4, -0.2) is 63.9 Å². The number of methoxy groups -OCH3 is 2. The zero-order chi connectivity index (χ0) is 19.2. The summed E-state index contributed by atoms with van der Waals surface area (Å²) in [6.07, 6.45) is 2.69. The predicted molar refractivity (Wildman–Crippen MR) is 103 cm³/mol. The highest BCUT2D eigenvalue weighted by Crippen LogP contribution is 2.33. The van der Waals surface area contributed by atoms with Gasteiger partial charge in [-0.15, -0.1) is 0 Å². The van der Waals surface area contributed by atoms with Crippen molar-refractivity contribution in [1.82, 2.24) is 10.2 Å². The van der Waals surface area contributed by atoms with Gasteiger partial charge in [0.1, 0.15) is 0 Å². The Balaban J connectivity index is 1.48. The van der Waals surface area contributed by atoms with Crippen LogP contribution in [0.4, 0.5) is 0 Å². The third-order valence-corrected chi connectivity index (χ3v) is 5.60. The number of carbonyl (C=O) groups is 1. The minimum absolute atomic E-state index is 0.0503. The number of hydrogen-bond acceptors (Lipinski definition) is 6. The highest BCUT2D eigenvalue weighted by Gasteiger charge is 2.26. The number of ether oxygens (including phenoxy) is 3. The number of hydrogen-bond donors (Lipinski definition) is 2. The molecule has 3 rings (SSSR count). The lowest BCUT2D eigenvalue weighted by molar-refractivity contribution is -0.124. The van der Waals surface area contributed by atoms with Crippen LogP contribution in [0.3, 0.4) is 0 Å². The number of nitrogens with two attached hydrogens (primary N) is 1. The van der Waals surface area contributed by atoms with Crippen LogP contribution in [0.5, 0.6) is 11.5 Å². The molecule has 2 heterocycles. The molecule has 1 amide bonds. The largest absolute Gasteiger partial charge is 0.493 e. The summed E-state index contributed by atoms with van der Waals surface area (Å²) in [6.45, 7) is 4.63. The molecule has 0 spiro atoms. The van der Waals surface area contributed by atoms with Gasteiger partial charge in [-0.2, -0.15) is 0 Å². The summed E-state index contributed by atoms with van der Waals surface area (Å²) in [6, 6.07) is 3.69. The SMILES string of the molecule is COc1cc2c(cc1OC)CN(CCNC(=O)C(N)C1CCOCC1)CC2. The molecular formula is C20H31N3O4. The molecule has 0 aliphatic carbocycles. The average molecular weight is 377 g/mol. The lowest BCUT2D eigenvalue weighted by Gasteiger charge is -2.30. The first kappa shape index (κ1) is 19.9. The summed E-state index contributed by atoms with van der Waals surface area (Å²) in [5, 5.41) is 3.00. The van der Waals surface area contributed by atoms with Gasteiger partial charge in [-0.25, -0.2) is 0 Å². The van der Waals surface area contributed by atoms with E-state index in [1.54, 1.807) is 14.2 Å². The van der Waals surface area contributed by atoms with Crippen molar-refractivity contribution in [3.05, 3.63) is 23.3 Å². The van der Waals surface area contributed by atoms with Gasteiger partial charge in [-0.1, -0.05) is 0 Å². The van der Waals surface area contributed by atoms with Crippen molar-refractivity contribution in [2.45, 2.75) is 31.8 Å². The maximum Gasteiger partial charge on any atom is 0.237 e. The number of amides is 1. The quantitative estimate of drug-likeness (QED) is 0.735. The molecule has 2 aliphatic rings. The first-order valence-electron chi connectivity index (χ1n) is 9.69. The molecule has 0 saturated carbocycles. The van der Waals surface area contributed by atoms with Gasteiger partial charge in [0, 0.05) is 39.4 Å². The molecule has 2 aliphatic heterocycles. The molecular weight excluding hydrogens is 346 g/mol. The second-order valence-corrected chi connectivity index (χ2v) is 7.27. The molecule has 1 unspecified atom stereocenters. The van der Waals surface area contributed by atoms with Crippen LogP contribution >= 0.6 is 0 Å². The molecule has 7 heteroatoms. The standard InChI is InChI=1S/C20H31N3O4/c1-25-17-11-15-3-7-23(13-16(15)12-18(17)26-2)8-6-22-20(24)19(21)14-4-9-27-10-5-14/h11-12,14,19H,3-10,13,21H2,1-2H3,(H,22,24). The van der Waals surface area contributed by atoms with Gasteiger partial charge in [0.25, 0.3) is 0 Å². The van der Waals surface area contributed by atoms with Gasteiger partial charge in [0.15, 0.2) is 11.5 Å². The van der Waals surface area contributed by atoms with Gasteiger partial charge in [0.2, 0.25) is 5.91 Å². The van der Waals surface area contributed by atoms with Crippen molar-refractivity contribution >= 4 is 5.91 Å². The predicted octanol–water partition coefficient (Wildman–Crippen LogP) is 0.932. The Kier molecular flexibility index (Phi) is 6.93. The van der Waals surface area contributed by atoms with E-state index < -0.39 is 6.04 Å². The van der Waals surface area contributed by atoms with Gasteiger partial charge in [-0.3, -0.25) is 9.69 Å². The number of nitrogens with one attached hydrogen (secondary N) is 1. The first-order valence-corrected chi connectivity index (χ1v) is 9.69. The van der Waals surface area contributed by atoms with Crippen molar-refractivity contribution in [3.8, 4) is 11.5 Å². The summed E-state index contributed by atoms with van der Waals surface area (Å²) in [5.41, 5.74) is 8.68. The van der Waals surface area contributed by atoms with Gasteiger partial charge >= 0.3 is 0 Å². The Morgan fingerprint density at radius 2 is 1.93 bits per heavy atom. The third kappa shape index (κ3) is 4.91. The fraction of sp³-hybridized carbons (Fsp3) is 0.650. The van der Waals surface area contributed by atoms with E-state index in [0.717, 1.165) is 50.4 Å². The van der Waals surface area contributed by atoms with Crippen molar-refractivity contribution in [2.24, 2.45) is 11.7 Å². The van der Waals surface area contributed by atoms with Crippen LogP contribution in [0.25, 0.3) is 0 Å². The maximum atomic E-state index is 12.3. The van der Waals surface area contributed by atoms with E-state index in [1.807, 2.05) is 0 Å². The normalized spacial score (nSPS) is 19.2. The molecule has 1 aromatic rings. The Labute approximate surface area is 161 Å². The summed E-state index contributed by atoms with van der Waals surface area (Å²) in [5.74, 6) is 1.71. The molecule has 7 nitrogen and oxygen atoms in total. The van der Waals surface area contributed by atoms with Crippen molar-refractivity contribution < 1.29 is 19.0 Å². The second-order valence-electron chi connectivity index (χ2n) is 7.27. The van der Waals surface area contributed by atoms with Crippen LogP contribution in [0.2, 0.25) is 0 Å². The maximum absolute atomic E-state index is 12.3. The highest BCUT2D eigenvalue weighted by molar-refractivity contribution is 5.81. The van der Waals surface area contributed by atoms with E-state index in [9.17, 15) is 4.79 Å². The van der Waals surface area contributed by atoms with Crippen molar-refractivity contribution in [2.75, 3.05) is 47.1 Å². The molecule has 150 valence electrons. The average Bonchev–Trinajstić information content (AvgIpc) is 2.72. The zero-order valence-corrected chi connectivity index (χ0v) is 16.3. The fourth-order valence-corrected chi connectivity index (χ4v) is 3.88. The number of fused-ring (bicyclic) bond motifs is 1. The summed E-state index contributed by atoms with van der Waals surface area (Å²) in [4.78, 5) is 14.7. The lowest BCUT2D eigenvalue weighted by atomic mass is 9.92. The number of carbonyl (C=O) groups excluding carboxylic acids is 1. The molecule has 3 N–H and O–H groups in total. The molecule has 0 radical (unpaired) electrons. The van der Waals surface area contributed by atoms with Crippen molar-refractivity contribution in [1.29, 1.82) is 0 Å². The monoisotopic (exact) mass is 377 g/mol. The Hall–Kier alpha value is -1.83. The van der Waals surface area contributed by atoms with Crippen LogP contribution in [0.1, 0.15) is 24.0 Å². The molecule has 0 aromatic heterocycles. The number of rotatable bonds is 7. The van der Waals surface area contributed by atoms with Crippen molar-refractivity contribution in [3.63, 3.8) is 0 Å². The minimum Gasteiger partial charge on any atom is -0.493 e. The van der Waals surface area contributed by atoms with Gasteiger partial charge in [0.05, 0.1) is 20.3 Å². The second kappa shape index (κ2) is 9.39. The highest BCUT2D eigenvalue weighted by atomic mass is 16.5. The molecule has 1 aromatic carbocycles. The van der Waals surface area contributed by atoms with Gasteiger partial charge in [-0.05, 0) is 48.4 Å². The Bertz CT molecular complexity index is 646. The molecule has 1 saturated heterocycles. The lowest BCUT2D eigenvalue weighted by Crippen LogP contribution is -2.48. The van der Waals surface area contributed by atoms with Crippen LogP contribution in [0.15, 0.2) is 12.1 Å². The van der Waals surface area contributed by atoms with E-state index in [4.69, 9.17) is 19.9 Å². The van der Waals surface area contributed by atoms with E-state index in [-0.39, 0.29) is 11.8 Å². The Morgan fingerprint density at radius 3 is 2.59 bits per heavy atom. The summed E-state index contributed by atoms with van der Waals surface area (Å²) in [7, 11) is 3.31. The third-order valence-electron chi connectivity index (χ3n) is 5.60. The Morgan fingerprint density at radius 1 is 1.26 bits per heavy atom. The molecule has 1 atom stereocenters. The van der Waals surface area contributed by atoms with E-state index in [1.165, 1.54) is 11.1 Å². The van der Waals surface area contributed by atoms with E-state index in [0.29, 0.717) is 19.8 Å². The van der Waals surface area contributed by atoms with Crippen LogP contribution < -0.4 is 20.5 Å². The van der Waals surface area contributed by atoms with Crippen LogP contribution in [-0.2, 0) is 22.5 Å². The van der Waals surface area contributed by atoms with Crippen LogP contribution in [0, 0.1) is 5.92 Å². The van der Waals surface area contributed by atoms with E-state index in [2.05, 4.69) is 22.3 Å². The smallest absolute Gasteiger partial charge is 0.237 e. The molecule has 0 bridgehead atoms. The first-order chi connectivity index (χ1) is 13.1. The molecule has 1 fully saturated rings. The fourth-order valence-electron chi connectivity index (χ4n) is 3.88. The topological polar surface area (TPSA) is 86.1 Å². The minimum atomic E-state index is -0.437. The summed E-state index contributed by atoms with van der Waals surface area (Å²) < 4.78 is 16.1.